The highest BCUT2D eigenvalue weighted by molar-refractivity contribution is 7.90. The number of sulfone groups is 1. The molecule has 1 aromatic carbocycles. The molecule has 3 heterocycles. The molecule has 30 heavy (non-hydrogen) atoms. The molecule has 0 unspecified atom stereocenters. The van der Waals surface area contributed by atoms with Crippen LogP contribution in [0, 0.1) is 5.41 Å². The minimum atomic E-state index is -3.37. The first-order valence-corrected chi connectivity index (χ1v) is 12.0. The topological polar surface area (TPSA) is 96.0 Å². The van der Waals surface area contributed by atoms with Crippen LogP contribution >= 0.6 is 0 Å². The second kappa shape index (κ2) is 7.50. The van der Waals surface area contributed by atoms with Crippen LogP contribution in [-0.4, -0.2) is 49.0 Å². The van der Waals surface area contributed by atoms with Crippen LogP contribution in [0.25, 0.3) is 22.4 Å². The third-order valence-corrected chi connectivity index (χ3v) is 6.60. The Kier molecular flexibility index (Phi) is 5.13. The number of fused-ring (bicyclic) bond motifs is 1. The van der Waals surface area contributed by atoms with E-state index < -0.39 is 15.3 Å². The first-order chi connectivity index (χ1) is 14.2. The average Bonchev–Trinajstić information content (AvgIpc) is 3.37. The van der Waals surface area contributed by atoms with Gasteiger partial charge in [0.1, 0.15) is 11.8 Å². The summed E-state index contributed by atoms with van der Waals surface area (Å²) in [6, 6.07) is 5.38. The van der Waals surface area contributed by atoms with Gasteiger partial charge >= 0.3 is 0 Å². The van der Waals surface area contributed by atoms with Crippen molar-refractivity contribution in [3.05, 3.63) is 36.2 Å². The zero-order valence-corrected chi connectivity index (χ0v) is 18.3. The number of H-pyrrole nitrogens is 1. The maximum atomic E-state index is 12.3. The van der Waals surface area contributed by atoms with Crippen LogP contribution in [0.3, 0.4) is 0 Å². The highest BCUT2D eigenvalue weighted by atomic mass is 32.2. The van der Waals surface area contributed by atoms with E-state index in [0.717, 1.165) is 49.0 Å². The zero-order valence-electron chi connectivity index (χ0n) is 17.5. The quantitative estimate of drug-likeness (QED) is 0.607. The number of nitrogens with one attached hydrogen (secondary N) is 1. The molecule has 1 aliphatic heterocycles. The van der Waals surface area contributed by atoms with Crippen LogP contribution in [0.1, 0.15) is 32.3 Å². The normalized spacial score (nSPS) is 15.1. The molecular formula is C22H26N4O3S. The number of benzene rings is 1. The average molecular weight is 427 g/mol. The molecule has 0 aliphatic carbocycles. The Balaban J connectivity index is 1.82. The smallest absolute Gasteiger partial charge is 0.175 e. The molecule has 0 radical (unpaired) electrons. The summed E-state index contributed by atoms with van der Waals surface area (Å²) >= 11 is 0. The van der Waals surface area contributed by atoms with Crippen molar-refractivity contribution in [1.29, 1.82) is 0 Å². The number of carbonyl (C=O) groups is 1. The monoisotopic (exact) mass is 426 g/mol. The summed E-state index contributed by atoms with van der Waals surface area (Å²) in [4.78, 5) is 26.2. The van der Waals surface area contributed by atoms with Crippen molar-refractivity contribution in [2.45, 2.75) is 38.0 Å². The molecule has 7 nitrogen and oxygen atoms in total. The van der Waals surface area contributed by atoms with E-state index in [1.54, 1.807) is 18.3 Å². The van der Waals surface area contributed by atoms with Crippen LogP contribution in [0.15, 0.2) is 35.5 Å². The minimum Gasteiger partial charge on any atom is -0.371 e. The van der Waals surface area contributed by atoms with Gasteiger partial charge in [-0.25, -0.2) is 18.4 Å². The fourth-order valence-corrected chi connectivity index (χ4v) is 4.53. The number of nitrogens with zero attached hydrogens (tertiary/aromatic N) is 3. The molecule has 1 N–H and O–H groups in total. The Morgan fingerprint density at radius 3 is 2.60 bits per heavy atom. The second-order valence-electron chi connectivity index (χ2n) is 8.73. The van der Waals surface area contributed by atoms with Gasteiger partial charge in [-0.1, -0.05) is 13.8 Å². The van der Waals surface area contributed by atoms with E-state index in [0.29, 0.717) is 23.3 Å². The summed E-state index contributed by atoms with van der Waals surface area (Å²) in [7, 11) is -3.37. The van der Waals surface area contributed by atoms with Crippen molar-refractivity contribution in [3.63, 3.8) is 0 Å². The lowest BCUT2D eigenvalue weighted by atomic mass is 9.88. The molecular weight excluding hydrogens is 400 g/mol. The maximum Gasteiger partial charge on any atom is 0.175 e. The van der Waals surface area contributed by atoms with Gasteiger partial charge in [-0.2, -0.15) is 0 Å². The molecule has 0 amide bonds. The molecule has 8 heteroatoms. The Bertz CT molecular complexity index is 1210. The van der Waals surface area contributed by atoms with E-state index >= 15 is 0 Å². The summed E-state index contributed by atoms with van der Waals surface area (Å²) in [5, 5.41) is 0. The Labute approximate surface area is 176 Å². The Morgan fingerprint density at radius 2 is 1.93 bits per heavy atom. The molecule has 1 aliphatic rings. The lowest BCUT2D eigenvalue weighted by molar-refractivity contribution is -0.114. The summed E-state index contributed by atoms with van der Waals surface area (Å²) in [6.07, 6.45) is 8.40. The lowest BCUT2D eigenvalue weighted by Gasteiger charge is -2.19. The zero-order chi connectivity index (χ0) is 21.5. The number of aromatic amines is 1. The number of aromatic nitrogens is 3. The van der Waals surface area contributed by atoms with Gasteiger partial charge in [0.15, 0.2) is 15.5 Å². The lowest BCUT2D eigenvalue weighted by Crippen LogP contribution is -2.18. The van der Waals surface area contributed by atoms with Crippen LogP contribution in [-0.2, 0) is 21.1 Å². The van der Waals surface area contributed by atoms with Gasteiger partial charge in [-0.05, 0) is 43.0 Å². The van der Waals surface area contributed by atoms with Gasteiger partial charge in [0, 0.05) is 42.2 Å². The largest absolute Gasteiger partial charge is 0.371 e. The van der Waals surface area contributed by atoms with Crippen molar-refractivity contribution < 1.29 is 13.2 Å². The fraction of sp³-hybridized carbons (Fsp3) is 0.409. The van der Waals surface area contributed by atoms with Gasteiger partial charge in [0.05, 0.1) is 16.8 Å². The number of carbonyl (C=O) groups excluding carboxylic acids is 1. The summed E-state index contributed by atoms with van der Waals surface area (Å²) in [6.45, 7) is 5.60. The standard InChI is InChI=1S/C22H26N4O3S/c1-22(2,14-27)11-16-12-23-21-20(16)25-19(13-24-21)15-8-17(26-6-4-5-7-26)10-18(9-15)30(3,28)29/h8-10,12-14H,4-7,11H2,1-3H3,(H,23,24). The number of aldehydes is 1. The second-order valence-corrected chi connectivity index (χ2v) is 10.7. The Morgan fingerprint density at radius 1 is 1.20 bits per heavy atom. The third-order valence-electron chi connectivity index (χ3n) is 5.51. The molecule has 0 bridgehead atoms. The van der Waals surface area contributed by atoms with Gasteiger partial charge in [-0.15, -0.1) is 0 Å². The minimum absolute atomic E-state index is 0.278. The van der Waals surface area contributed by atoms with Gasteiger partial charge in [0.2, 0.25) is 0 Å². The van der Waals surface area contributed by atoms with E-state index in [1.165, 1.54) is 6.26 Å². The fourth-order valence-electron chi connectivity index (χ4n) is 3.85. The molecule has 3 aromatic rings. The molecule has 1 fully saturated rings. The van der Waals surface area contributed by atoms with E-state index in [2.05, 4.69) is 14.9 Å². The molecule has 0 spiro atoms. The van der Waals surface area contributed by atoms with Gasteiger partial charge in [0.25, 0.3) is 0 Å². The van der Waals surface area contributed by atoms with E-state index in [4.69, 9.17) is 4.98 Å². The highest BCUT2D eigenvalue weighted by Gasteiger charge is 2.22. The van der Waals surface area contributed by atoms with Crippen LogP contribution < -0.4 is 4.90 Å². The maximum absolute atomic E-state index is 12.3. The number of hydrogen-bond donors (Lipinski definition) is 1. The molecule has 2 aromatic heterocycles. The van der Waals surface area contributed by atoms with Crippen molar-refractivity contribution in [1.82, 2.24) is 15.0 Å². The SMILES string of the molecule is CC(C)(C=O)Cc1c[nH]c2ncc(-c3cc(N4CCCC4)cc(S(C)(=O)=O)c3)nc12. The Hall–Kier alpha value is -2.74. The third kappa shape index (κ3) is 4.09. The predicted octanol–water partition coefficient (Wildman–Crippen LogP) is 3.40. The predicted molar refractivity (Wildman–Crippen MR) is 117 cm³/mol. The van der Waals surface area contributed by atoms with E-state index in [1.807, 2.05) is 26.1 Å². The van der Waals surface area contributed by atoms with Gasteiger partial charge < -0.3 is 14.7 Å². The highest BCUT2D eigenvalue weighted by Crippen LogP contribution is 2.31. The van der Waals surface area contributed by atoms with Crippen molar-refractivity contribution in [2.24, 2.45) is 5.41 Å². The van der Waals surface area contributed by atoms with Crippen molar-refractivity contribution in [2.75, 3.05) is 24.2 Å². The van der Waals surface area contributed by atoms with Crippen molar-refractivity contribution >= 4 is 33.0 Å². The molecule has 0 atom stereocenters. The summed E-state index contributed by atoms with van der Waals surface area (Å²) in [5.41, 5.74) is 3.98. The molecule has 1 saturated heterocycles. The first kappa shape index (κ1) is 20.5. The van der Waals surface area contributed by atoms with Crippen LogP contribution in [0.5, 0.6) is 0 Å². The van der Waals surface area contributed by atoms with Crippen LogP contribution in [0.4, 0.5) is 5.69 Å². The number of hydrogen-bond acceptors (Lipinski definition) is 6. The number of anilines is 1. The molecule has 4 rings (SSSR count). The van der Waals surface area contributed by atoms with E-state index in [-0.39, 0.29) is 4.90 Å². The first-order valence-electron chi connectivity index (χ1n) is 10.1. The summed E-state index contributed by atoms with van der Waals surface area (Å²) in [5.74, 6) is 0. The number of rotatable bonds is 6. The van der Waals surface area contributed by atoms with Crippen molar-refractivity contribution in [3.8, 4) is 11.3 Å². The van der Waals surface area contributed by atoms with Crippen LogP contribution in [0.2, 0.25) is 0 Å². The van der Waals surface area contributed by atoms with E-state index in [9.17, 15) is 13.2 Å². The van der Waals surface area contributed by atoms with Gasteiger partial charge in [-0.3, -0.25) is 0 Å². The molecule has 158 valence electrons. The molecule has 0 saturated carbocycles. The summed E-state index contributed by atoms with van der Waals surface area (Å²) < 4.78 is 24.6.